The maximum atomic E-state index is 13.1. The Morgan fingerprint density at radius 1 is 0.807 bits per heavy atom. The van der Waals surface area contributed by atoms with Gasteiger partial charge in [-0.3, -0.25) is 9.36 Å². The monoisotopic (exact) mass is 826 g/mol. The van der Waals surface area contributed by atoms with Gasteiger partial charge in [0.25, 0.3) is 0 Å². The summed E-state index contributed by atoms with van der Waals surface area (Å²) in [5, 5.41) is 8.29. The predicted octanol–water partition coefficient (Wildman–Crippen LogP) is 7.92. The summed E-state index contributed by atoms with van der Waals surface area (Å²) < 4.78 is 99.1. The van der Waals surface area contributed by atoms with Crippen LogP contribution in [0.4, 0.5) is 32.2 Å². The molecular weight excluding hydrogens is 790 g/mol. The first-order valence-electron chi connectivity index (χ1n) is 16.7. The van der Waals surface area contributed by atoms with Gasteiger partial charge in [0.05, 0.1) is 72.6 Å². The summed E-state index contributed by atoms with van der Waals surface area (Å²) in [6.07, 6.45) is -5.13. The Labute approximate surface area is 326 Å². The first kappa shape index (κ1) is 45.3. The van der Waals surface area contributed by atoms with Crippen LogP contribution in [-0.4, -0.2) is 69.4 Å². The van der Waals surface area contributed by atoms with E-state index in [0.29, 0.717) is 29.0 Å². The Morgan fingerprint density at radius 2 is 1.37 bits per heavy atom. The highest BCUT2D eigenvalue weighted by Crippen LogP contribution is 2.37. The van der Waals surface area contributed by atoms with E-state index in [9.17, 15) is 40.7 Å². The van der Waals surface area contributed by atoms with Crippen LogP contribution in [0.1, 0.15) is 58.2 Å². The van der Waals surface area contributed by atoms with Gasteiger partial charge in [-0.05, 0) is 45.0 Å². The van der Waals surface area contributed by atoms with Crippen LogP contribution in [0.3, 0.4) is 0 Å². The normalized spacial score (nSPS) is 11.5. The predicted molar refractivity (Wildman–Crippen MR) is 197 cm³/mol. The van der Waals surface area contributed by atoms with E-state index >= 15 is 0 Å². The highest BCUT2D eigenvalue weighted by molar-refractivity contribution is 6.38. The van der Waals surface area contributed by atoms with Gasteiger partial charge in [-0.1, -0.05) is 35.9 Å². The quantitative estimate of drug-likeness (QED) is 0.0505. The van der Waals surface area contributed by atoms with Crippen LogP contribution in [0.2, 0.25) is 5.02 Å². The van der Waals surface area contributed by atoms with E-state index in [-0.39, 0.29) is 46.4 Å². The van der Waals surface area contributed by atoms with Gasteiger partial charge in [0, 0.05) is 25.2 Å². The van der Waals surface area contributed by atoms with Crippen LogP contribution in [0.5, 0.6) is 0 Å². The van der Waals surface area contributed by atoms with E-state index < -0.39 is 41.4 Å². The first-order chi connectivity index (χ1) is 26.8. The molecule has 57 heavy (non-hydrogen) atoms. The number of nitrogen functional groups attached to an aromatic ring is 1. The Morgan fingerprint density at radius 3 is 1.91 bits per heavy atom. The van der Waals surface area contributed by atoms with Gasteiger partial charge in [-0.25, -0.2) is 19.4 Å². The zero-order chi connectivity index (χ0) is 42.7. The van der Waals surface area contributed by atoms with Crippen molar-refractivity contribution in [2.75, 3.05) is 32.7 Å². The molecule has 0 saturated heterocycles. The van der Waals surface area contributed by atoms with Crippen LogP contribution in [-0.2, 0) is 50.2 Å². The minimum atomic E-state index is -4.53. The number of benzene rings is 2. The standard InChI is InChI=1S/C17H13ClF3N3O2.C13H13F3O3.C7H11N3O2/c1-3-26-16(25)12-13(18)11-8-22-24(2)15(11)23-14(12)9-5-4-6-10(7-9)17(19,20)21;1-3-19-12(17)8-11(18-2)9-5-4-6-10(7-9)13(14,15)16;1-3-12-7(11)5-4-9-10(2)6(5)8/h4-8H,3H2,1-2H3;4-8H,3H2,1-2H3;4H,3,8H2,1-2H3. The minimum absolute atomic E-state index is 0.00986. The number of fused-ring (bicyclic) bond motifs is 1. The van der Waals surface area contributed by atoms with E-state index in [1.807, 2.05) is 0 Å². The van der Waals surface area contributed by atoms with Crippen molar-refractivity contribution in [2.45, 2.75) is 33.1 Å². The minimum Gasteiger partial charge on any atom is -0.496 e. The maximum absolute atomic E-state index is 13.1. The SMILES string of the molecule is CCOC(=O)C=C(OC)c1cccc(C(F)(F)F)c1.CCOC(=O)c1c(-c2cccc(C(F)(F)F)c2)nc2c(cnn2C)c1Cl.CCOC(=O)c1cnn(C)c1N. The van der Waals surface area contributed by atoms with E-state index in [4.69, 9.17) is 31.5 Å². The van der Waals surface area contributed by atoms with Crippen molar-refractivity contribution < 1.29 is 59.7 Å². The van der Waals surface area contributed by atoms with Gasteiger partial charge >= 0.3 is 30.3 Å². The van der Waals surface area contributed by atoms with Crippen molar-refractivity contribution >= 4 is 52.1 Å². The number of nitrogens with two attached hydrogens (primary N) is 1. The van der Waals surface area contributed by atoms with E-state index in [0.717, 1.165) is 30.3 Å². The number of alkyl halides is 6. The number of aryl methyl sites for hydroxylation is 2. The lowest BCUT2D eigenvalue weighted by Crippen LogP contribution is -2.10. The number of methoxy groups -OCH3 is 1. The topological polar surface area (TPSA) is 163 Å². The number of halogens is 7. The van der Waals surface area contributed by atoms with Crippen LogP contribution in [0.15, 0.2) is 67.0 Å². The van der Waals surface area contributed by atoms with E-state index in [2.05, 4.69) is 19.9 Å². The van der Waals surface area contributed by atoms with Crippen molar-refractivity contribution in [3.05, 3.63) is 99.8 Å². The fourth-order valence-electron chi connectivity index (χ4n) is 4.77. The van der Waals surface area contributed by atoms with Crippen LogP contribution in [0, 0.1) is 0 Å². The van der Waals surface area contributed by atoms with Gasteiger partial charge in [0.15, 0.2) is 5.65 Å². The molecule has 0 aliphatic carbocycles. The molecule has 306 valence electrons. The molecule has 0 aliphatic heterocycles. The number of carbonyl (C=O) groups excluding carboxylic acids is 3. The molecule has 20 heteroatoms. The first-order valence-corrected chi connectivity index (χ1v) is 17.1. The number of hydrogen-bond donors (Lipinski definition) is 1. The van der Waals surface area contributed by atoms with Gasteiger partial charge in [-0.2, -0.15) is 36.5 Å². The number of esters is 3. The number of aromatic nitrogens is 5. The Bertz CT molecular complexity index is 2230. The van der Waals surface area contributed by atoms with Gasteiger partial charge < -0.3 is 24.7 Å². The van der Waals surface area contributed by atoms with E-state index in [1.54, 1.807) is 34.9 Å². The average Bonchev–Trinajstić information content (AvgIpc) is 3.71. The highest BCUT2D eigenvalue weighted by atomic mass is 35.5. The molecule has 0 spiro atoms. The Kier molecular flexibility index (Phi) is 15.6. The molecule has 5 rings (SSSR count). The highest BCUT2D eigenvalue weighted by Gasteiger charge is 2.32. The van der Waals surface area contributed by atoms with Crippen molar-refractivity contribution in [3.63, 3.8) is 0 Å². The summed E-state index contributed by atoms with van der Waals surface area (Å²) in [4.78, 5) is 39.1. The van der Waals surface area contributed by atoms with Crippen molar-refractivity contribution in [2.24, 2.45) is 14.1 Å². The third-order valence-electron chi connectivity index (χ3n) is 7.47. The molecule has 5 aromatic rings. The molecule has 0 bridgehead atoms. The van der Waals surface area contributed by atoms with E-state index in [1.165, 1.54) is 53.1 Å². The van der Waals surface area contributed by atoms with Gasteiger partial charge in [0.1, 0.15) is 22.7 Å². The van der Waals surface area contributed by atoms with Crippen molar-refractivity contribution in [1.29, 1.82) is 0 Å². The number of ether oxygens (including phenoxy) is 4. The number of pyridine rings is 1. The van der Waals surface area contributed by atoms with Gasteiger partial charge in [-0.15, -0.1) is 0 Å². The third kappa shape index (κ3) is 11.7. The molecule has 13 nitrogen and oxygen atoms in total. The largest absolute Gasteiger partial charge is 0.496 e. The van der Waals surface area contributed by atoms with Crippen molar-refractivity contribution in [1.82, 2.24) is 24.5 Å². The second kappa shape index (κ2) is 19.7. The number of carbonyl (C=O) groups is 3. The molecule has 0 aliphatic rings. The number of anilines is 1. The van der Waals surface area contributed by atoms with Crippen LogP contribution >= 0.6 is 11.6 Å². The summed E-state index contributed by atoms with van der Waals surface area (Å²) in [7, 11) is 4.55. The summed E-state index contributed by atoms with van der Waals surface area (Å²) in [5.74, 6) is -1.51. The fraction of sp³-hybridized carbons (Fsp3) is 0.297. The zero-order valence-corrected chi connectivity index (χ0v) is 32.0. The zero-order valence-electron chi connectivity index (χ0n) is 31.3. The number of nitrogens with zero attached hydrogens (tertiary/aromatic N) is 5. The summed E-state index contributed by atoms with van der Waals surface area (Å²) in [5.41, 5.74) is 4.72. The molecule has 0 amide bonds. The molecule has 2 N–H and O–H groups in total. The summed E-state index contributed by atoms with van der Waals surface area (Å²) >= 11 is 6.35. The molecule has 0 unspecified atom stereocenters. The molecule has 2 aromatic carbocycles. The van der Waals surface area contributed by atoms with Crippen molar-refractivity contribution in [3.8, 4) is 11.3 Å². The average molecular weight is 827 g/mol. The van der Waals surface area contributed by atoms with Gasteiger partial charge in [0.2, 0.25) is 0 Å². The smallest absolute Gasteiger partial charge is 0.416 e. The molecule has 0 atom stereocenters. The molecule has 3 heterocycles. The van der Waals surface area contributed by atoms with Crippen LogP contribution in [0.25, 0.3) is 28.0 Å². The molecule has 0 saturated carbocycles. The second-order valence-electron chi connectivity index (χ2n) is 11.3. The lowest BCUT2D eigenvalue weighted by Gasteiger charge is -2.13. The third-order valence-corrected chi connectivity index (χ3v) is 7.86. The van der Waals surface area contributed by atoms with Crippen LogP contribution < -0.4 is 5.73 Å². The molecule has 0 radical (unpaired) electrons. The molecule has 0 fully saturated rings. The Balaban J connectivity index is 0.000000246. The molecular formula is C37H37ClF6N6O7. The maximum Gasteiger partial charge on any atom is 0.416 e. The number of rotatable bonds is 9. The number of hydrogen-bond acceptors (Lipinski definition) is 11. The summed E-state index contributed by atoms with van der Waals surface area (Å²) in [6, 6.07) is 9.06. The second-order valence-corrected chi connectivity index (χ2v) is 11.7. The summed E-state index contributed by atoms with van der Waals surface area (Å²) in [6.45, 7) is 5.59. The Hall–Kier alpha value is -6.11. The molecule has 3 aromatic heterocycles. The fourth-order valence-corrected chi connectivity index (χ4v) is 5.07. The lowest BCUT2D eigenvalue weighted by atomic mass is 10.0. The lowest BCUT2D eigenvalue weighted by molar-refractivity contribution is -0.138.